The molecule has 0 amide bonds. The number of unbranched alkanes of at least 4 members (excludes halogenated alkanes) is 2. The summed E-state index contributed by atoms with van der Waals surface area (Å²) in [5, 5.41) is 17.8. The van der Waals surface area contributed by atoms with E-state index in [9.17, 15) is 0 Å². The molecule has 0 atom stereocenters. The predicted molar refractivity (Wildman–Crippen MR) is 80.8 cm³/mol. The Hall–Kier alpha value is -1.06. The van der Waals surface area contributed by atoms with Gasteiger partial charge in [-0.05, 0) is 62.8 Å². The Bertz CT molecular complexity index is 356. The standard InChI is InChI=1S/C16H27NO2/c1-14-7-8-16(13-15(14)2)17(9-3-5-11-18)10-4-6-12-19/h7-8,13,18-19H,3-6,9-12H2,1-2H3. The van der Waals surface area contributed by atoms with Gasteiger partial charge in [0.2, 0.25) is 0 Å². The summed E-state index contributed by atoms with van der Waals surface area (Å²) in [6, 6.07) is 6.56. The largest absolute Gasteiger partial charge is 0.396 e. The van der Waals surface area contributed by atoms with Gasteiger partial charge in [0.05, 0.1) is 0 Å². The molecule has 1 aromatic carbocycles. The summed E-state index contributed by atoms with van der Waals surface area (Å²) in [5.41, 5.74) is 3.88. The minimum Gasteiger partial charge on any atom is -0.396 e. The SMILES string of the molecule is Cc1ccc(N(CCCCO)CCCCO)cc1C. The third-order valence-electron chi connectivity index (χ3n) is 3.53. The van der Waals surface area contributed by atoms with E-state index in [-0.39, 0.29) is 13.2 Å². The van der Waals surface area contributed by atoms with Crippen LogP contribution in [0.3, 0.4) is 0 Å². The van der Waals surface area contributed by atoms with E-state index in [0.29, 0.717) is 0 Å². The van der Waals surface area contributed by atoms with Crippen LogP contribution in [0.2, 0.25) is 0 Å². The first kappa shape index (κ1) is 16.0. The number of hydrogen-bond donors (Lipinski definition) is 2. The molecule has 0 aliphatic heterocycles. The number of benzene rings is 1. The first-order chi connectivity index (χ1) is 9.19. The fourth-order valence-corrected chi connectivity index (χ4v) is 2.12. The number of anilines is 1. The average Bonchev–Trinajstić information content (AvgIpc) is 2.41. The van der Waals surface area contributed by atoms with Gasteiger partial charge in [-0.3, -0.25) is 0 Å². The lowest BCUT2D eigenvalue weighted by Gasteiger charge is -2.25. The summed E-state index contributed by atoms with van der Waals surface area (Å²) in [4.78, 5) is 2.36. The fourth-order valence-electron chi connectivity index (χ4n) is 2.12. The zero-order valence-electron chi connectivity index (χ0n) is 12.2. The van der Waals surface area contributed by atoms with Crippen LogP contribution < -0.4 is 4.90 Å². The van der Waals surface area contributed by atoms with E-state index in [1.807, 2.05) is 0 Å². The van der Waals surface area contributed by atoms with E-state index >= 15 is 0 Å². The molecule has 1 rings (SSSR count). The number of aryl methyl sites for hydroxylation is 2. The van der Waals surface area contributed by atoms with Gasteiger partial charge in [-0.15, -0.1) is 0 Å². The molecule has 108 valence electrons. The van der Waals surface area contributed by atoms with Crippen LogP contribution in [0.25, 0.3) is 0 Å². The Morgan fingerprint density at radius 2 is 1.42 bits per heavy atom. The molecule has 0 aliphatic rings. The zero-order chi connectivity index (χ0) is 14.1. The van der Waals surface area contributed by atoms with Crippen LogP contribution in [0.5, 0.6) is 0 Å². The van der Waals surface area contributed by atoms with Crippen molar-refractivity contribution in [2.75, 3.05) is 31.2 Å². The molecule has 0 aromatic heterocycles. The Morgan fingerprint density at radius 3 is 1.89 bits per heavy atom. The molecular formula is C16H27NO2. The quantitative estimate of drug-likeness (QED) is 0.675. The predicted octanol–water partition coefficient (Wildman–Crippen LogP) is 2.65. The summed E-state index contributed by atoms with van der Waals surface area (Å²) in [6.07, 6.45) is 3.70. The van der Waals surface area contributed by atoms with E-state index in [0.717, 1.165) is 38.8 Å². The Morgan fingerprint density at radius 1 is 0.842 bits per heavy atom. The van der Waals surface area contributed by atoms with E-state index in [1.165, 1.54) is 16.8 Å². The number of rotatable bonds is 9. The first-order valence-corrected chi connectivity index (χ1v) is 7.23. The summed E-state index contributed by atoms with van der Waals surface area (Å²) >= 11 is 0. The summed E-state index contributed by atoms with van der Waals surface area (Å²) in [5.74, 6) is 0. The maximum Gasteiger partial charge on any atom is 0.0431 e. The Labute approximate surface area is 116 Å². The van der Waals surface area contributed by atoms with E-state index in [1.54, 1.807) is 0 Å². The molecule has 0 fully saturated rings. The van der Waals surface area contributed by atoms with Crippen LogP contribution >= 0.6 is 0 Å². The minimum absolute atomic E-state index is 0.261. The second-order valence-corrected chi connectivity index (χ2v) is 5.12. The molecule has 0 bridgehead atoms. The molecule has 0 spiro atoms. The van der Waals surface area contributed by atoms with E-state index < -0.39 is 0 Å². The molecular weight excluding hydrogens is 238 g/mol. The van der Waals surface area contributed by atoms with Crippen molar-refractivity contribution >= 4 is 5.69 Å². The van der Waals surface area contributed by atoms with Crippen LogP contribution in [0.1, 0.15) is 36.8 Å². The third kappa shape index (κ3) is 5.62. The van der Waals surface area contributed by atoms with Gasteiger partial charge in [0, 0.05) is 32.0 Å². The number of hydrogen-bond acceptors (Lipinski definition) is 3. The van der Waals surface area contributed by atoms with Gasteiger partial charge in [-0.25, -0.2) is 0 Å². The zero-order valence-corrected chi connectivity index (χ0v) is 12.2. The Kier molecular flexibility index (Phi) is 7.53. The summed E-state index contributed by atoms with van der Waals surface area (Å²) in [7, 11) is 0. The average molecular weight is 265 g/mol. The van der Waals surface area contributed by atoms with Gasteiger partial charge in [-0.1, -0.05) is 6.07 Å². The van der Waals surface area contributed by atoms with Gasteiger partial charge >= 0.3 is 0 Å². The molecule has 0 radical (unpaired) electrons. The van der Waals surface area contributed by atoms with E-state index in [4.69, 9.17) is 10.2 Å². The second-order valence-electron chi connectivity index (χ2n) is 5.12. The second kappa shape index (κ2) is 8.94. The number of aliphatic hydroxyl groups is 2. The lowest BCUT2D eigenvalue weighted by atomic mass is 10.1. The van der Waals surface area contributed by atoms with Crippen LogP contribution in [0.4, 0.5) is 5.69 Å². The number of aliphatic hydroxyl groups excluding tert-OH is 2. The van der Waals surface area contributed by atoms with Crippen LogP contribution in [-0.2, 0) is 0 Å². The highest BCUT2D eigenvalue weighted by Gasteiger charge is 2.07. The minimum atomic E-state index is 0.261. The van der Waals surface area contributed by atoms with Crippen LogP contribution in [-0.4, -0.2) is 36.5 Å². The van der Waals surface area contributed by atoms with Crippen molar-refractivity contribution in [2.45, 2.75) is 39.5 Å². The van der Waals surface area contributed by atoms with Gasteiger partial charge in [0.15, 0.2) is 0 Å². The molecule has 1 aromatic rings. The highest BCUT2D eigenvalue weighted by molar-refractivity contribution is 5.50. The molecule has 3 nitrogen and oxygen atoms in total. The maximum atomic E-state index is 8.89. The molecule has 0 unspecified atom stereocenters. The van der Waals surface area contributed by atoms with Gasteiger partial charge in [0.25, 0.3) is 0 Å². The van der Waals surface area contributed by atoms with Crippen molar-refractivity contribution in [1.82, 2.24) is 0 Å². The summed E-state index contributed by atoms with van der Waals surface area (Å²) < 4.78 is 0. The lowest BCUT2D eigenvalue weighted by molar-refractivity contribution is 0.282. The highest BCUT2D eigenvalue weighted by atomic mass is 16.3. The molecule has 2 N–H and O–H groups in total. The van der Waals surface area contributed by atoms with Crippen molar-refractivity contribution in [1.29, 1.82) is 0 Å². The fraction of sp³-hybridized carbons (Fsp3) is 0.625. The third-order valence-corrected chi connectivity index (χ3v) is 3.53. The molecule has 0 saturated heterocycles. The van der Waals surface area contributed by atoms with E-state index in [2.05, 4.69) is 36.9 Å². The van der Waals surface area contributed by atoms with Crippen molar-refractivity contribution in [3.05, 3.63) is 29.3 Å². The van der Waals surface area contributed by atoms with Crippen molar-refractivity contribution in [3.63, 3.8) is 0 Å². The lowest BCUT2D eigenvalue weighted by Crippen LogP contribution is -2.26. The smallest absolute Gasteiger partial charge is 0.0431 e. The molecule has 0 heterocycles. The monoisotopic (exact) mass is 265 g/mol. The van der Waals surface area contributed by atoms with Crippen LogP contribution in [0.15, 0.2) is 18.2 Å². The van der Waals surface area contributed by atoms with Crippen molar-refractivity contribution < 1.29 is 10.2 Å². The maximum absolute atomic E-state index is 8.89. The van der Waals surface area contributed by atoms with Crippen LogP contribution in [0, 0.1) is 13.8 Å². The number of nitrogens with zero attached hydrogens (tertiary/aromatic N) is 1. The molecule has 0 saturated carbocycles. The normalized spacial score (nSPS) is 10.7. The Balaban J connectivity index is 2.66. The van der Waals surface area contributed by atoms with Crippen molar-refractivity contribution in [3.8, 4) is 0 Å². The highest BCUT2D eigenvalue weighted by Crippen LogP contribution is 2.20. The van der Waals surface area contributed by atoms with Gasteiger partial charge < -0.3 is 15.1 Å². The molecule has 0 aliphatic carbocycles. The molecule has 3 heteroatoms. The van der Waals surface area contributed by atoms with Crippen molar-refractivity contribution in [2.24, 2.45) is 0 Å². The summed E-state index contributed by atoms with van der Waals surface area (Å²) in [6.45, 7) is 6.72. The van der Waals surface area contributed by atoms with Gasteiger partial charge in [-0.2, -0.15) is 0 Å². The molecule has 19 heavy (non-hydrogen) atoms. The van der Waals surface area contributed by atoms with Gasteiger partial charge in [0.1, 0.15) is 0 Å². The topological polar surface area (TPSA) is 43.7 Å². The first-order valence-electron chi connectivity index (χ1n) is 7.23.